The molecule has 0 atom stereocenters. The van der Waals surface area contributed by atoms with Crippen LogP contribution in [0.25, 0.3) is 0 Å². The Morgan fingerprint density at radius 2 is 1.83 bits per heavy atom. The molecule has 0 aliphatic carbocycles. The van der Waals surface area contributed by atoms with Crippen molar-refractivity contribution < 1.29 is 13.8 Å². The zero-order valence-electron chi connectivity index (χ0n) is 13.2. The Hall–Kier alpha value is -2.27. The molecule has 0 spiro atoms. The molecule has 2 aromatic rings. The number of benzene rings is 2. The summed E-state index contributed by atoms with van der Waals surface area (Å²) in [5, 5.41) is 2.85. The highest BCUT2D eigenvalue weighted by atomic mass is 32.2. The summed E-state index contributed by atoms with van der Waals surface area (Å²) in [7, 11) is 0. The SMILES string of the molecule is CCC(=O)OSc1cccc(Cc2ccccc2)c1NC(C)=O. The largest absolute Gasteiger partial charge is 0.386 e. The van der Waals surface area contributed by atoms with Crippen molar-refractivity contribution in [3.63, 3.8) is 0 Å². The number of para-hydroxylation sites is 1. The van der Waals surface area contributed by atoms with Crippen molar-refractivity contribution in [2.45, 2.75) is 31.6 Å². The smallest absolute Gasteiger partial charge is 0.317 e. The van der Waals surface area contributed by atoms with Gasteiger partial charge in [0.25, 0.3) is 0 Å². The molecule has 0 heterocycles. The summed E-state index contributed by atoms with van der Waals surface area (Å²) in [4.78, 5) is 23.6. The van der Waals surface area contributed by atoms with Gasteiger partial charge in [0, 0.05) is 13.3 Å². The second-order valence-electron chi connectivity index (χ2n) is 5.03. The van der Waals surface area contributed by atoms with Gasteiger partial charge in [-0.15, -0.1) is 0 Å². The molecule has 1 N–H and O–H groups in total. The number of anilines is 1. The van der Waals surface area contributed by atoms with E-state index in [1.54, 1.807) is 6.92 Å². The minimum atomic E-state index is -0.294. The predicted molar refractivity (Wildman–Crippen MR) is 92.2 cm³/mol. The minimum absolute atomic E-state index is 0.158. The Labute approximate surface area is 140 Å². The van der Waals surface area contributed by atoms with E-state index in [4.69, 9.17) is 4.18 Å². The molecule has 0 bridgehead atoms. The van der Waals surface area contributed by atoms with Crippen LogP contribution in [0.4, 0.5) is 5.69 Å². The van der Waals surface area contributed by atoms with Crippen LogP contribution in [-0.4, -0.2) is 11.9 Å². The van der Waals surface area contributed by atoms with Crippen molar-refractivity contribution in [3.05, 3.63) is 59.7 Å². The van der Waals surface area contributed by atoms with Crippen LogP contribution in [-0.2, 0) is 20.2 Å². The van der Waals surface area contributed by atoms with E-state index in [0.29, 0.717) is 18.5 Å². The number of hydrogen-bond acceptors (Lipinski definition) is 4. The molecule has 1 amide bonds. The van der Waals surface area contributed by atoms with E-state index >= 15 is 0 Å². The maximum atomic E-state index is 11.5. The standard InChI is InChI=1S/C18H19NO3S/c1-3-17(21)22-23-16-11-7-10-15(18(16)19-13(2)20)12-14-8-5-4-6-9-14/h4-11H,3,12H2,1-2H3,(H,19,20). The first-order valence-electron chi connectivity index (χ1n) is 7.41. The number of rotatable bonds is 6. The fraction of sp³-hybridized carbons (Fsp3) is 0.222. The Morgan fingerprint density at radius 3 is 2.48 bits per heavy atom. The van der Waals surface area contributed by atoms with Gasteiger partial charge in [-0.2, -0.15) is 0 Å². The minimum Gasteiger partial charge on any atom is -0.386 e. The summed E-state index contributed by atoms with van der Waals surface area (Å²) in [5.41, 5.74) is 2.81. The normalized spacial score (nSPS) is 10.2. The molecule has 5 heteroatoms. The number of carbonyl (C=O) groups is 2. The summed E-state index contributed by atoms with van der Waals surface area (Å²) >= 11 is 0.982. The van der Waals surface area contributed by atoms with Crippen LogP contribution in [0.3, 0.4) is 0 Å². The quantitative estimate of drug-likeness (QED) is 0.807. The van der Waals surface area contributed by atoms with Crippen LogP contribution in [0, 0.1) is 0 Å². The Bertz CT molecular complexity index is 686. The van der Waals surface area contributed by atoms with Crippen LogP contribution >= 0.6 is 12.0 Å². The number of nitrogens with one attached hydrogen (secondary N) is 1. The zero-order valence-corrected chi connectivity index (χ0v) is 14.0. The topological polar surface area (TPSA) is 55.4 Å². The van der Waals surface area contributed by atoms with E-state index in [2.05, 4.69) is 5.32 Å². The molecule has 0 saturated carbocycles. The van der Waals surface area contributed by atoms with Crippen molar-refractivity contribution >= 4 is 29.6 Å². The molecule has 4 nitrogen and oxygen atoms in total. The Morgan fingerprint density at radius 1 is 1.09 bits per heavy atom. The summed E-state index contributed by atoms with van der Waals surface area (Å²) in [6, 6.07) is 15.7. The van der Waals surface area contributed by atoms with Crippen LogP contribution in [0.2, 0.25) is 0 Å². The molecule has 0 unspecified atom stereocenters. The lowest BCUT2D eigenvalue weighted by Crippen LogP contribution is -2.10. The molecule has 2 aromatic carbocycles. The van der Waals surface area contributed by atoms with Gasteiger partial charge in [-0.1, -0.05) is 49.4 Å². The third-order valence-corrected chi connectivity index (χ3v) is 3.95. The maximum Gasteiger partial charge on any atom is 0.317 e. The van der Waals surface area contributed by atoms with E-state index in [-0.39, 0.29) is 11.9 Å². The van der Waals surface area contributed by atoms with Gasteiger partial charge < -0.3 is 9.50 Å². The summed E-state index contributed by atoms with van der Waals surface area (Å²) in [6.45, 7) is 3.20. The molecule has 0 aliphatic heterocycles. The molecule has 0 aliphatic rings. The highest BCUT2D eigenvalue weighted by Gasteiger charge is 2.13. The first-order chi connectivity index (χ1) is 11.1. The van der Waals surface area contributed by atoms with Gasteiger partial charge in [-0.3, -0.25) is 9.59 Å². The van der Waals surface area contributed by atoms with Crippen molar-refractivity contribution in [3.8, 4) is 0 Å². The number of carbonyl (C=O) groups excluding carboxylic acids is 2. The average molecular weight is 329 g/mol. The molecule has 0 fully saturated rings. The van der Waals surface area contributed by atoms with Gasteiger partial charge in [-0.05, 0) is 23.6 Å². The summed E-state index contributed by atoms with van der Waals surface area (Å²) in [6.07, 6.45) is 0.999. The second kappa shape index (κ2) is 8.39. The highest BCUT2D eigenvalue weighted by Crippen LogP contribution is 2.32. The van der Waals surface area contributed by atoms with Gasteiger partial charge in [0.2, 0.25) is 5.91 Å². The number of hydrogen-bond donors (Lipinski definition) is 1. The third-order valence-electron chi connectivity index (χ3n) is 3.16. The van der Waals surface area contributed by atoms with E-state index in [9.17, 15) is 9.59 Å². The molecule has 23 heavy (non-hydrogen) atoms. The fourth-order valence-electron chi connectivity index (χ4n) is 2.08. The predicted octanol–water partition coefficient (Wildman–Crippen LogP) is 4.20. The highest BCUT2D eigenvalue weighted by molar-refractivity contribution is 7.95. The van der Waals surface area contributed by atoms with Crippen molar-refractivity contribution in [1.82, 2.24) is 0 Å². The van der Waals surface area contributed by atoms with Crippen molar-refractivity contribution in [1.29, 1.82) is 0 Å². The fourth-order valence-corrected chi connectivity index (χ4v) is 2.78. The summed E-state index contributed by atoms with van der Waals surface area (Å²) in [5.74, 6) is -0.452. The summed E-state index contributed by atoms with van der Waals surface area (Å²) < 4.78 is 5.13. The molecule has 120 valence electrons. The number of amides is 1. The molecular weight excluding hydrogens is 310 g/mol. The molecule has 0 aromatic heterocycles. The molecule has 2 rings (SSSR count). The lowest BCUT2D eigenvalue weighted by atomic mass is 10.0. The third kappa shape index (κ3) is 5.14. The lowest BCUT2D eigenvalue weighted by molar-refractivity contribution is -0.132. The van der Waals surface area contributed by atoms with Gasteiger partial charge in [0.1, 0.15) is 0 Å². The van der Waals surface area contributed by atoms with E-state index < -0.39 is 0 Å². The van der Waals surface area contributed by atoms with E-state index in [0.717, 1.165) is 28.1 Å². The monoisotopic (exact) mass is 329 g/mol. The zero-order chi connectivity index (χ0) is 16.7. The molecule has 0 saturated heterocycles. The van der Waals surface area contributed by atoms with Crippen molar-refractivity contribution in [2.24, 2.45) is 0 Å². The van der Waals surface area contributed by atoms with Gasteiger partial charge in [0.15, 0.2) is 0 Å². The first-order valence-corrected chi connectivity index (χ1v) is 8.15. The van der Waals surface area contributed by atoms with Gasteiger partial charge in [0.05, 0.1) is 22.6 Å². The maximum absolute atomic E-state index is 11.5. The van der Waals surface area contributed by atoms with Gasteiger partial charge in [-0.25, -0.2) is 0 Å². The van der Waals surface area contributed by atoms with Crippen LogP contribution in [0.5, 0.6) is 0 Å². The second-order valence-corrected chi connectivity index (χ2v) is 5.80. The Balaban J connectivity index is 2.29. The average Bonchev–Trinajstić information content (AvgIpc) is 2.55. The van der Waals surface area contributed by atoms with Gasteiger partial charge >= 0.3 is 5.97 Å². The van der Waals surface area contributed by atoms with Crippen LogP contribution in [0.1, 0.15) is 31.4 Å². The van der Waals surface area contributed by atoms with Crippen LogP contribution < -0.4 is 5.32 Å². The van der Waals surface area contributed by atoms with Crippen LogP contribution in [0.15, 0.2) is 53.4 Å². The molecular formula is C18H19NO3S. The first kappa shape index (κ1) is 17.1. The van der Waals surface area contributed by atoms with E-state index in [1.807, 2.05) is 48.5 Å². The lowest BCUT2D eigenvalue weighted by Gasteiger charge is -2.14. The van der Waals surface area contributed by atoms with E-state index in [1.165, 1.54) is 6.92 Å². The molecule has 0 radical (unpaired) electrons. The van der Waals surface area contributed by atoms with Crippen molar-refractivity contribution in [2.75, 3.05) is 5.32 Å². The Kier molecular flexibility index (Phi) is 6.23.